The summed E-state index contributed by atoms with van der Waals surface area (Å²) in [6.07, 6.45) is 0.616. The van der Waals surface area contributed by atoms with E-state index in [1.807, 2.05) is 6.92 Å². The highest BCUT2D eigenvalue weighted by molar-refractivity contribution is 9.10. The van der Waals surface area contributed by atoms with Crippen molar-refractivity contribution in [3.63, 3.8) is 0 Å². The van der Waals surface area contributed by atoms with E-state index in [1.54, 1.807) is 0 Å². The lowest BCUT2D eigenvalue weighted by atomic mass is 10.2. The van der Waals surface area contributed by atoms with Gasteiger partial charge in [-0.2, -0.15) is 0 Å². The van der Waals surface area contributed by atoms with Gasteiger partial charge in [0.25, 0.3) is 0 Å². The Hall–Kier alpha value is -0.380. The molecule has 15 heavy (non-hydrogen) atoms. The highest BCUT2D eigenvalue weighted by atomic mass is 79.9. The van der Waals surface area contributed by atoms with Gasteiger partial charge in [0.15, 0.2) is 0 Å². The van der Waals surface area contributed by atoms with Crippen molar-refractivity contribution in [2.45, 2.75) is 26.0 Å². The van der Waals surface area contributed by atoms with Gasteiger partial charge in [-0.25, -0.2) is 0 Å². The fraction of sp³-hybridized carbons (Fsp3) is 0.500. The first-order valence-corrected chi connectivity index (χ1v) is 5.98. The van der Waals surface area contributed by atoms with Crippen molar-refractivity contribution in [3.8, 4) is 0 Å². The van der Waals surface area contributed by atoms with Gasteiger partial charge in [0.2, 0.25) is 0 Å². The quantitative estimate of drug-likeness (QED) is 0.890. The van der Waals surface area contributed by atoms with Crippen molar-refractivity contribution in [3.05, 3.63) is 34.3 Å². The normalized spacial score (nSPS) is 13.1. The van der Waals surface area contributed by atoms with Gasteiger partial charge in [-0.1, -0.05) is 28.1 Å². The summed E-state index contributed by atoms with van der Waals surface area (Å²) in [4.78, 5) is 2.22. The van der Waals surface area contributed by atoms with Crippen LogP contribution in [0.15, 0.2) is 28.7 Å². The van der Waals surface area contributed by atoms with E-state index in [0.717, 1.165) is 24.0 Å². The molecule has 0 saturated carbocycles. The number of aliphatic hydroxyl groups is 1. The van der Waals surface area contributed by atoms with Gasteiger partial charge in [-0.3, -0.25) is 0 Å². The molecule has 0 amide bonds. The third-order valence-electron chi connectivity index (χ3n) is 2.29. The van der Waals surface area contributed by atoms with Crippen LogP contribution in [-0.2, 0) is 6.54 Å². The zero-order valence-electron chi connectivity index (χ0n) is 9.28. The summed E-state index contributed by atoms with van der Waals surface area (Å²) < 4.78 is 1.11. The largest absolute Gasteiger partial charge is 0.393 e. The maximum Gasteiger partial charge on any atom is 0.0524 e. The maximum atomic E-state index is 9.17. The standard InChI is InChI=1S/C12H18BrNO/c1-10(15)7-8-14(2)9-11-3-5-12(13)6-4-11/h3-6,10,15H,7-9H2,1-2H3. The molecule has 0 radical (unpaired) electrons. The summed E-state index contributed by atoms with van der Waals surface area (Å²) in [5.74, 6) is 0. The Morgan fingerprint density at radius 1 is 1.33 bits per heavy atom. The molecule has 2 nitrogen and oxygen atoms in total. The summed E-state index contributed by atoms with van der Waals surface area (Å²) >= 11 is 3.41. The Morgan fingerprint density at radius 2 is 1.93 bits per heavy atom. The highest BCUT2D eigenvalue weighted by Crippen LogP contribution is 2.11. The Labute approximate surface area is 100 Å². The lowest BCUT2D eigenvalue weighted by molar-refractivity contribution is 0.163. The van der Waals surface area contributed by atoms with Crippen molar-refractivity contribution >= 4 is 15.9 Å². The van der Waals surface area contributed by atoms with Crippen molar-refractivity contribution < 1.29 is 5.11 Å². The number of benzene rings is 1. The van der Waals surface area contributed by atoms with Gasteiger partial charge < -0.3 is 10.0 Å². The number of halogens is 1. The fourth-order valence-electron chi connectivity index (χ4n) is 1.39. The van der Waals surface area contributed by atoms with E-state index in [1.165, 1.54) is 5.56 Å². The van der Waals surface area contributed by atoms with Gasteiger partial charge in [-0.15, -0.1) is 0 Å². The van der Waals surface area contributed by atoms with Crippen LogP contribution >= 0.6 is 15.9 Å². The minimum atomic E-state index is -0.211. The molecular formula is C12H18BrNO. The smallest absolute Gasteiger partial charge is 0.0524 e. The molecule has 1 aromatic rings. The molecule has 0 fully saturated rings. The van der Waals surface area contributed by atoms with Crippen LogP contribution in [0.3, 0.4) is 0 Å². The number of rotatable bonds is 5. The van der Waals surface area contributed by atoms with Crippen LogP contribution in [0.4, 0.5) is 0 Å². The van der Waals surface area contributed by atoms with Gasteiger partial charge in [0.1, 0.15) is 0 Å². The molecule has 1 unspecified atom stereocenters. The van der Waals surface area contributed by atoms with Crippen molar-refractivity contribution in [1.82, 2.24) is 4.90 Å². The Balaban J connectivity index is 2.37. The predicted molar refractivity (Wildman–Crippen MR) is 66.8 cm³/mol. The topological polar surface area (TPSA) is 23.5 Å². The van der Waals surface area contributed by atoms with Gasteiger partial charge in [0.05, 0.1) is 6.10 Å². The minimum Gasteiger partial charge on any atom is -0.393 e. The highest BCUT2D eigenvalue weighted by Gasteiger charge is 2.02. The van der Waals surface area contributed by atoms with Gasteiger partial charge in [-0.05, 0) is 38.1 Å². The second-order valence-electron chi connectivity index (χ2n) is 4.00. The molecule has 0 aliphatic rings. The molecule has 0 aliphatic carbocycles. The minimum absolute atomic E-state index is 0.211. The Morgan fingerprint density at radius 3 is 2.47 bits per heavy atom. The summed E-state index contributed by atoms with van der Waals surface area (Å²) in [6.45, 7) is 3.68. The van der Waals surface area contributed by atoms with Gasteiger partial charge >= 0.3 is 0 Å². The van der Waals surface area contributed by atoms with Crippen LogP contribution in [0.1, 0.15) is 18.9 Å². The number of hydrogen-bond donors (Lipinski definition) is 1. The monoisotopic (exact) mass is 271 g/mol. The number of aliphatic hydroxyl groups excluding tert-OH is 1. The van der Waals surface area contributed by atoms with Crippen LogP contribution < -0.4 is 0 Å². The molecule has 0 heterocycles. The molecule has 84 valence electrons. The zero-order chi connectivity index (χ0) is 11.3. The lowest BCUT2D eigenvalue weighted by Gasteiger charge is -2.17. The van der Waals surface area contributed by atoms with E-state index in [9.17, 15) is 5.11 Å². The average molecular weight is 272 g/mol. The van der Waals surface area contributed by atoms with E-state index in [4.69, 9.17) is 0 Å². The first kappa shape index (κ1) is 12.7. The second kappa shape index (κ2) is 6.26. The van der Waals surface area contributed by atoms with E-state index >= 15 is 0 Å². The molecule has 1 N–H and O–H groups in total. The van der Waals surface area contributed by atoms with Crippen LogP contribution in [0.5, 0.6) is 0 Å². The molecule has 1 rings (SSSR count). The molecule has 0 saturated heterocycles. The van der Waals surface area contributed by atoms with Crippen LogP contribution in [0, 0.1) is 0 Å². The third-order valence-corrected chi connectivity index (χ3v) is 2.82. The molecule has 1 aromatic carbocycles. The molecule has 1 atom stereocenters. The number of hydrogen-bond acceptors (Lipinski definition) is 2. The molecule has 0 spiro atoms. The predicted octanol–water partition coefficient (Wildman–Crippen LogP) is 2.65. The first-order valence-electron chi connectivity index (χ1n) is 5.19. The summed E-state index contributed by atoms with van der Waals surface area (Å²) in [7, 11) is 2.07. The van der Waals surface area contributed by atoms with E-state index < -0.39 is 0 Å². The zero-order valence-corrected chi connectivity index (χ0v) is 10.9. The third kappa shape index (κ3) is 5.30. The molecule has 0 aromatic heterocycles. The Bertz CT molecular complexity index is 284. The number of nitrogens with zero attached hydrogens (tertiary/aromatic N) is 1. The summed E-state index contributed by atoms with van der Waals surface area (Å²) in [6, 6.07) is 8.33. The van der Waals surface area contributed by atoms with Crippen molar-refractivity contribution in [1.29, 1.82) is 0 Å². The second-order valence-corrected chi connectivity index (χ2v) is 4.92. The molecular weight excluding hydrogens is 254 g/mol. The van der Waals surface area contributed by atoms with E-state index in [-0.39, 0.29) is 6.10 Å². The van der Waals surface area contributed by atoms with Gasteiger partial charge in [0, 0.05) is 17.6 Å². The lowest BCUT2D eigenvalue weighted by Crippen LogP contribution is -2.21. The van der Waals surface area contributed by atoms with Crippen LogP contribution in [-0.4, -0.2) is 29.7 Å². The molecule has 0 aliphatic heterocycles. The fourth-order valence-corrected chi connectivity index (χ4v) is 1.65. The van der Waals surface area contributed by atoms with E-state index in [2.05, 4.69) is 52.1 Å². The van der Waals surface area contributed by atoms with E-state index in [0.29, 0.717) is 0 Å². The Kier molecular flexibility index (Phi) is 5.29. The first-order chi connectivity index (χ1) is 7.08. The van der Waals surface area contributed by atoms with Crippen LogP contribution in [0.2, 0.25) is 0 Å². The van der Waals surface area contributed by atoms with Crippen molar-refractivity contribution in [2.24, 2.45) is 0 Å². The SMILES string of the molecule is CC(O)CCN(C)Cc1ccc(Br)cc1. The van der Waals surface area contributed by atoms with Crippen LogP contribution in [0.25, 0.3) is 0 Å². The summed E-state index contributed by atoms with van der Waals surface area (Å²) in [5, 5.41) is 9.17. The maximum absolute atomic E-state index is 9.17. The van der Waals surface area contributed by atoms with Crippen molar-refractivity contribution in [2.75, 3.05) is 13.6 Å². The molecule has 0 bridgehead atoms. The summed E-state index contributed by atoms with van der Waals surface area (Å²) in [5.41, 5.74) is 1.30. The molecule has 3 heteroatoms. The average Bonchev–Trinajstić information content (AvgIpc) is 2.19.